The number of rotatable bonds is 8. The minimum absolute atomic E-state index is 0.145. The summed E-state index contributed by atoms with van der Waals surface area (Å²) in [6, 6.07) is 21.2. The van der Waals surface area contributed by atoms with Crippen molar-refractivity contribution in [3.05, 3.63) is 103 Å². The van der Waals surface area contributed by atoms with Gasteiger partial charge in [-0.1, -0.05) is 24.3 Å². The summed E-state index contributed by atoms with van der Waals surface area (Å²) in [5.41, 5.74) is 6.64. The number of benzene rings is 3. The summed E-state index contributed by atoms with van der Waals surface area (Å²) in [7, 11) is 3.51. The molecule has 10 heteroatoms. The van der Waals surface area contributed by atoms with Crippen LogP contribution in [0.4, 0.5) is 11.6 Å². The second kappa shape index (κ2) is 10.7. The van der Waals surface area contributed by atoms with Crippen LogP contribution in [-0.4, -0.2) is 42.9 Å². The molecule has 0 fully saturated rings. The molecule has 0 aliphatic heterocycles. The van der Waals surface area contributed by atoms with Crippen LogP contribution < -0.4 is 15.4 Å². The number of nitrogens with zero attached hydrogens (tertiary/aromatic N) is 5. The summed E-state index contributed by atoms with van der Waals surface area (Å²) in [6.07, 6.45) is 7.25. The molecule has 0 spiro atoms. The number of carbonyl (C=O) groups is 1. The van der Waals surface area contributed by atoms with Gasteiger partial charge in [-0.25, -0.2) is 9.97 Å². The van der Waals surface area contributed by atoms with E-state index in [1.54, 1.807) is 30.2 Å². The van der Waals surface area contributed by atoms with E-state index < -0.39 is 0 Å². The van der Waals surface area contributed by atoms with E-state index >= 15 is 0 Å². The van der Waals surface area contributed by atoms with E-state index in [1.165, 1.54) is 0 Å². The van der Waals surface area contributed by atoms with Crippen molar-refractivity contribution in [2.45, 2.75) is 6.61 Å². The summed E-state index contributed by atoms with van der Waals surface area (Å²) in [6.45, 7) is 0.275. The molecule has 3 heterocycles. The molecule has 3 N–H and O–H groups in total. The number of carbonyl (C=O) groups excluding carboxylic acids is 1. The highest BCUT2D eigenvalue weighted by Gasteiger charge is 2.13. The Balaban J connectivity index is 1.30. The maximum atomic E-state index is 12.1. The highest BCUT2D eigenvalue weighted by atomic mass is 16.5. The number of H-pyrrole nitrogens is 1. The molecule has 1 amide bonds. The van der Waals surface area contributed by atoms with E-state index in [9.17, 15) is 4.79 Å². The van der Waals surface area contributed by atoms with E-state index in [2.05, 4.69) is 30.9 Å². The Bertz CT molecular complexity index is 1810. The van der Waals surface area contributed by atoms with Crippen LogP contribution in [0.1, 0.15) is 15.9 Å². The maximum absolute atomic E-state index is 12.1. The molecule has 0 aliphatic carbocycles. The lowest BCUT2D eigenvalue weighted by Crippen LogP contribution is -2.17. The lowest BCUT2D eigenvalue weighted by atomic mass is 10.1. The second-order valence-corrected chi connectivity index (χ2v) is 9.24. The van der Waals surface area contributed by atoms with Gasteiger partial charge in [-0.2, -0.15) is 10.2 Å². The molecule has 0 aliphatic rings. The third-order valence-corrected chi connectivity index (χ3v) is 6.43. The average Bonchev–Trinajstić information content (AvgIpc) is 3.68. The molecular weight excluding hydrogens is 504 g/mol. The molecule has 0 radical (unpaired) electrons. The third-order valence-electron chi connectivity index (χ3n) is 6.43. The summed E-state index contributed by atoms with van der Waals surface area (Å²) < 4.78 is 8.06. The van der Waals surface area contributed by atoms with E-state index in [0.717, 1.165) is 44.5 Å². The van der Waals surface area contributed by atoms with Crippen LogP contribution in [-0.2, 0) is 13.7 Å². The molecule has 6 rings (SSSR count). The summed E-state index contributed by atoms with van der Waals surface area (Å²) in [4.78, 5) is 21.4. The van der Waals surface area contributed by atoms with Crippen LogP contribution in [0, 0.1) is 0 Å². The molecule has 40 heavy (non-hydrogen) atoms. The molecule has 10 nitrogen and oxygen atoms in total. The molecule has 0 bridgehead atoms. The minimum atomic E-state index is -0.145. The first-order valence-corrected chi connectivity index (χ1v) is 12.7. The van der Waals surface area contributed by atoms with Crippen molar-refractivity contribution in [3.8, 4) is 28.1 Å². The first kappa shape index (κ1) is 24.8. The smallest absolute Gasteiger partial charge is 0.251 e. The van der Waals surface area contributed by atoms with Crippen molar-refractivity contribution < 1.29 is 9.53 Å². The highest BCUT2D eigenvalue weighted by Crippen LogP contribution is 2.34. The fourth-order valence-corrected chi connectivity index (χ4v) is 4.43. The zero-order chi connectivity index (χ0) is 27.5. The Morgan fingerprint density at radius 2 is 1.93 bits per heavy atom. The van der Waals surface area contributed by atoms with Crippen molar-refractivity contribution in [2.24, 2.45) is 7.05 Å². The van der Waals surface area contributed by atoms with E-state index in [4.69, 9.17) is 9.72 Å². The Labute approximate surface area is 230 Å². The summed E-state index contributed by atoms with van der Waals surface area (Å²) in [5.74, 6) is 0.959. The van der Waals surface area contributed by atoms with Gasteiger partial charge in [0.2, 0.25) is 5.95 Å². The van der Waals surface area contributed by atoms with Gasteiger partial charge in [-0.15, -0.1) is 0 Å². The Hall–Kier alpha value is -5.51. The number of hydrogen-bond acceptors (Lipinski definition) is 7. The zero-order valence-corrected chi connectivity index (χ0v) is 21.9. The van der Waals surface area contributed by atoms with E-state index in [-0.39, 0.29) is 12.5 Å². The van der Waals surface area contributed by atoms with Gasteiger partial charge in [0.05, 0.1) is 17.4 Å². The van der Waals surface area contributed by atoms with Crippen LogP contribution >= 0.6 is 0 Å². The first-order valence-electron chi connectivity index (χ1n) is 12.7. The monoisotopic (exact) mass is 530 g/mol. The standard InChI is InChI=1S/C30H26N8O2/c1-31-29(39)21-7-3-5-19(11-21)18-40-28-14-27-22(13-25(28)23-16-33-34-17-23)15-32-30(36-27)35-24-8-4-6-20(12-24)26-9-10-38(2)37-26/h3-17H,18H2,1-2H3,(H,31,39)(H,33,34)(H,32,35,36). The molecular formula is C30H26N8O2. The van der Waals surface area contributed by atoms with Crippen LogP contribution in [0.3, 0.4) is 0 Å². The van der Waals surface area contributed by atoms with Crippen LogP contribution in [0.15, 0.2) is 91.5 Å². The largest absolute Gasteiger partial charge is 0.488 e. The minimum Gasteiger partial charge on any atom is -0.488 e. The van der Waals surface area contributed by atoms with Crippen LogP contribution in [0.25, 0.3) is 33.3 Å². The average molecular weight is 531 g/mol. The van der Waals surface area contributed by atoms with Crippen molar-refractivity contribution in [2.75, 3.05) is 12.4 Å². The van der Waals surface area contributed by atoms with Crippen LogP contribution in [0.2, 0.25) is 0 Å². The van der Waals surface area contributed by atoms with Gasteiger partial charge in [-0.3, -0.25) is 14.6 Å². The van der Waals surface area contributed by atoms with Crippen LogP contribution in [0.5, 0.6) is 5.75 Å². The van der Waals surface area contributed by atoms with Gasteiger partial charge in [0, 0.05) is 72.1 Å². The number of aromatic nitrogens is 6. The summed E-state index contributed by atoms with van der Waals surface area (Å²) >= 11 is 0. The molecule has 198 valence electrons. The van der Waals surface area contributed by atoms with Gasteiger partial charge in [0.15, 0.2) is 0 Å². The number of hydrogen-bond donors (Lipinski definition) is 3. The first-order chi connectivity index (χ1) is 19.6. The number of fused-ring (bicyclic) bond motifs is 1. The predicted octanol–water partition coefficient (Wildman–Crippen LogP) is 5.10. The van der Waals surface area contributed by atoms with Gasteiger partial charge in [0.25, 0.3) is 5.91 Å². The van der Waals surface area contributed by atoms with Gasteiger partial charge in [0.1, 0.15) is 12.4 Å². The maximum Gasteiger partial charge on any atom is 0.251 e. The Morgan fingerprint density at radius 1 is 1.02 bits per heavy atom. The van der Waals surface area contributed by atoms with E-state index in [1.807, 2.05) is 80.1 Å². The fourth-order valence-electron chi connectivity index (χ4n) is 4.43. The quantitative estimate of drug-likeness (QED) is 0.250. The fraction of sp³-hybridized carbons (Fsp3) is 0.100. The Morgan fingerprint density at radius 3 is 2.73 bits per heavy atom. The highest BCUT2D eigenvalue weighted by molar-refractivity contribution is 5.94. The molecule has 0 atom stereocenters. The molecule has 0 saturated carbocycles. The second-order valence-electron chi connectivity index (χ2n) is 9.24. The lowest BCUT2D eigenvalue weighted by molar-refractivity contribution is 0.0963. The molecule has 3 aromatic heterocycles. The number of amides is 1. The van der Waals surface area contributed by atoms with Gasteiger partial charge >= 0.3 is 0 Å². The SMILES string of the molecule is CNC(=O)c1cccc(COc2cc3nc(Nc4cccc(-c5ccn(C)n5)c4)ncc3cc2-c2cn[nH]c2)c1. The lowest BCUT2D eigenvalue weighted by Gasteiger charge is -2.13. The summed E-state index contributed by atoms with van der Waals surface area (Å²) in [5, 5.41) is 18.3. The molecule has 0 saturated heterocycles. The molecule has 6 aromatic rings. The third kappa shape index (κ3) is 5.23. The normalized spacial score (nSPS) is 10.9. The number of aryl methyl sites for hydroxylation is 1. The van der Waals surface area contributed by atoms with E-state index in [0.29, 0.717) is 17.3 Å². The molecule has 3 aromatic carbocycles. The predicted molar refractivity (Wildman–Crippen MR) is 153 cm³/mol. The Kier molecular flexibility index (Phi) is 6.63. The topological polar surface area (TPSA) is 123 Å². The van der Waals surface area contributed by atoms with Crippen molar-refractivity contribution >= 4 is 28.4 Å². The number of aromatic amines is 1. The van der Waals surface area contributed by atoms with Gasteiger partial charge < -0.3 is 15.4 Å². The molecule has 0 unspecified atom stereocenters. The van der Waals surface area contributed by atoms with Crippen molar-refractivity contribution in [1.29, 1.82) is 0 Å². The van der Waals surface area contributed by atoms with Gasteiger partial charge in [-0.05, 0) is 42.0 Å². The number of nitrogens with one attached hydrogen (secondary N) is 3. The zero-order valence-electron chi connectivity index (χ0n) is 21.9. The van der Waals surface area contributed by atoms with Crippen molar-refractivity contribution in [1.82, 2.24) is 35.3 Å². The number of ether oxygens (including phenoxy) is 1. The number of anilines is 2. The van der Waals surface area contributed by atoms with Crippen molar-refractivity contribution in [3.63, 3.8) is 0 Å².